The topological polar surface area (TPSA) is 146 Å². The fraction of sp³-hybridized carbons (Fsp3) is 0.294. The third kappa shape index (κ3) is 4.56. The van der Waals surface area contributed by atoms with Crippen LogP contribution in [0.1, 0.15) is 11.1 Å². The van der Waals surface area contributed by atoms with Gasteiger partial charge in [0.15, 0.2) is 16.6 Å². The van der Waals surface area contributed by atoms with Crippen LogP contribution < -0.4 is 27.2 Å². The maximum absolute atomic E-state index is 12.4. The van der Waals surface area contributed by atoms with Crippen molar-refractivity contribution in [1.82, 2.24) is 24.8 Å². The second kappa shape index (κ2) is 8.67. The van der Waals surface area contributed by atoms with E-state index >= 15 is 0 Å². The Bertz CT molecular complexity index is 1030. The van der Waals surface area contributed by atoms with Gasteiger partial charge >= 0.3 is 11.7 Å². The van der Waals surface area contributed by atoms with Crippen molar-refractivity contribution in [2.24, 2.45) is 5.73 Å². The van der Waals surface area contributed by atoms with Gasteiger partial charge in [-0.3, -0.25) is 4.57 Å². The summed E-state index contributed by atoms with van der Waals surface area (Å²) >= 11 is 4.80. The number of nitrogens with two attached hydrogens (primary N) is 2. The van der Waals surface area contributed by atoms with Crippen LogP contribution in [-0.2, 0) is 17.8 Å². The Kier molecular flexibility index (Phi) is 6.06. The van der Waals surface area contributed by atoms with Crippen LogP contribution in [0, 0.1) is 0 Å². The molecule has 0 unspecified atom stereocenters. The third-order valence-corrected chi connectivity index (χ3v) is 4.12. The van der Waals surface area contributed by atoms with Gasteiger partial charge in [0.25, 0.3) is 0 Å². The smallest absolute Gasteiger partial charge is 0.328 e. The van der Waals surface area contributed by atoms with Crippen molar-refractivity contribution < 1.29 is 9.47 Å². The van der Waals surface area contributed by atoms with Gasteiger partial charge in [0, 0.05) is 13.7 Å². The van der Waals surface area contributed by atoms with E-state index in [-0.39, 0.29) is 29.2 Å². The van der Waals surface area contributed by atoms with Gasteiger partial charge in [0.05, 0.1) is 13.2 Å². The van der Waals surface area contributed by atoms with Crippen molar-refractivity contribution in [3.63, 3.8) is 0 Å². The minimum Gasteiger partial charge on any atom is -0.461 e. The summed E-state index contributed by atoms with van der Waals surface area (Å²) in [6.45, 7) is 1.51. The summed E-state index contributed by atoms with van der Waals surface area (Å²) in [4.78, 5) is 23.5. The molecule has 0 aliphatic heterocycles. The Labute approximate surface area is 165 Å². The van der Waals surface area contributed by atoms with Crippen LogP contribution >= 0.6 is 12.2 Å². The molecule has 0 bridgehead atoms. The molecule has 2 heterocycles. The highest BCUT2D eigenvalue weighted by Crippen LogP contribution is 2.18. The van der Waals surface area contributed by atoms with Gasteiger partial charge in [0.1, 0.15) is 12.1 Å². The molecule has 2 aromatic heterocycles. The number of nitrogens with one attached hydrogen (secondary N) is 2. The van der Waals surface area contributed by atoms with Crippen molar-refractivity contribution >= 4 is 34.3 Å². The van der Waals surface area contributed by atoms with Crippen molar-refractivity contribution in [2.45, 2.75) is 13.1 Å². The molecule has 28 heavy (non-hydrogen) atoms. The number of hydrogen-bond donors (Lipinski definition) is 4. The van der Waals surface area contributed by atoms with E-state index in [0.717, 1.165) is 11.1 Å². The van der Waals surface area contributed by atoms with Crippen LogP contribution in [0.5, 0.6) is 6.01 Å². The van der Waals surface area contributed by atoms with Gasteiger partial charge in [-0.2, -0.15) is 9.97 Å². The molecule has 148 valence electrons. The number of rotatable bonds is 8. The molecule has 0 atom stereocenters. The molecule has 10 nitrogen and oxygen atoms in total. The molecule has 3 aromatic rings. The number of methoxy groups -OCH3 is 1. The predicted molar refractivity (Wildman–Crippen MR) is 109 cm³/mol. The molecule has 0 aliphatic carbocycles. The molecule has 0 fully saturated rings. The molecule has 3 rings (SSSR count). The number of aromatic nitrogens is 4. The van der Waals surface area contributed by atoms with Crippen LogP contribution in [0.15, 0.2) is 29.1 Å². The second-order valence-corrected chi connectivity index (χ2v) is 6.42. The zero-order valence-corrected chi connectivity index (χ0v) is 16.1. The minimum absolute atomic E-state index is 0.0916. The maximum Gasteiger partial charge on any atom is 0.328 e. The fourth-order valence-electron chi connectivity index (χ4n) is 2.59. The lowest BCUT2D eigenvalue weighted by molar-refractivity contribution is 0.141. The Morgan fingerprint density at radius 1 is 1.25 bits per heavy atom. The highest BCUT2D eigenvalue weighted by atomic mass is 32.1. The van der Waals surface area contributed by atoms with Crippen LogP contribution in [0.25, 0.3) is 11.2 Å². The van der Waals surface area contributed by atoms with Crippen molar-refractivity contribution in [2.75, 3.05) is 26.1 Å². The van der Waals surface area contributed by atoms with Crippen LogP contribution in [0.2, 0.25) is 0 Å². The van der Waals surface area contributed by atoms with Crippen molar-refractivity contribution in [1.29, 1.82) is 0 Å². The lowest BCUT2D eigenvalue weighted by Crippen LogP contribution is -2.28. The molecule has 0 amide bonds. The number of ether oxygens (including phenoxy) is 2. The first-order chi connectivity index (χ1) is 13.5. The number of thiocarbonyl (C=S) groups is 1. The quantitative estimate of drug-likeness (QED) is 0.304. The van der Waals surface area contributed by atoms with Gasteiger partial charge < -0.3 is 31.2 Å². The van der Waals surface area contributed by atoms with E-state index in [1.54, 1.807) is 7.11 Å². The number of imidazole rings is 1. The molecule has 0 aliphatic rings. The van der Waals surface area contributed by atoms with Gasteiger partial charge in [-0.25, -0.2) is 4.79 Å². The first kappa shape index (κ1) is 19.6. The summed E-state index contributed by atoms with van der Waals surface area (Å²) in [5.41, 5.74) is 13.7. The van der Waals surface area contributed by atoms with E-state index in [2.05, 4.69) is 20.3 Å². The number of nitrogen functional groups attached to an aromatic ring is 1. The summed E-state index contributed by atoms with van der Waals surface area (Å²) in [7, 11) is 1.57. The normalized spacial score (nSPS) is 10.9. The van der Waals surface area contributed by atoms with Crippen LogP contribution in [-0.4, -0.2) is 45.0 Å². The van der Waals surface area contributed by atoms with E-state index in [4.69, 9.17) is 33.2 Å². The summed E-state index contributed by atoms with van der Waals surface area (Å²) in [5, 5.41) is 3.13. The molecule has 6 N–H and O–H groups in total. The second-order valence-electron chi connectivity index (χ2n) is 5.98. The van der Waals surface area contributed by atoms with E-state index in [0.29, 0.717) is 30.9 Å². The van der Waals surface area contributed by atoms with Crippen LogP contribution in [0.3, 0.4) is 0 Å². The van der Waals surface area contributed by atoms with E-state index in [1.165, 1.54) is 4.57 Å². The van der Waals surface area contributed by atoms with Crippen LogP contribution in [0.4, 0.5) is 5.82 Å². The number of fused-ring (bicyclic) bond motifs is 1. The summed E-state index contributed by atoms with van der Waals surface area (Å²) in [6, 6.07) is 7.80. The monoisotopic (exact) mass is 403 g/mol. The van der Waals surface area contributed by atoms with E-state index < -0.39 is 0 Å². The average Bonchev–Trinajstić information content (AvgIpc) is 2.98. The number of anilines is 1. The Morgan fingerprint density at radius 3 is 2.64 bits per heavy atom. The van der Waals surface area contributed by atoms with Gasteiger partial charge in [0.2, 0.25) is 0 Å². The van der Waals surface area contributed by atoms with E-state index in [1.807, 2.05) is 24.3 Å². The molecule has 0 saturated carbocycles. The molecule has 1 aromatic carbocycles. The van der Waals surface area contributed by atoms with Gasteiger partial charge in [-0.1, -0.05) is 24.3 Å². The number of H-pyrrole nitrogens is 1. The largest absolute Gasteiger partial charge is 0.461 e. The highest BCUT2D eigenvalue weighted by molar-refractivity contribution is 7.80. The molecule has 0 saturated heterocycles. The minimum atomic E-state index is -0.329. The molecular weight excluding hydrogens is 382 g/mol. The third-order valence-electron chi connectivity index (χ3n) is 3.98. The molecule has 0 spiro atoms. The molecule has 0 radical (unpaired) electrons. The van der Waals surface area contributed by atoms with E-state index in [9.17, 15) is 4.79 Å². The molecule has 11 heteroatoms. The number of hydrogen-bond acceptors (Lipinski definition) is 7. The SMILES string of the molecule is COCCOc1nc(N)c2[nH]c(=O)n(Cc3ccc(CNC(N)=S)cc3)c2n1. The number of nitrogens with zero attached hydrogens (tertiary/aromatic N) is 3. The summed E-state index contributed by atoms with van der Waals surface area (Å²) in [5.74, 6) is 0.146. The fourth-order valence-corrected chi connectivity index (χ4v) is 2.66. The first-order valence-corrected chi connectivity index (χ1v) is 8.87. The zero-order chi connectivity index (χ0) is 20.1. The number of aromatic amines is 1. The van der Waals surface area contributed by atoms with Crippen molar-refractivity contribution in [3.05, 3.63) is 45.9 Å². The van der Waals surface area contributed by atoms with Crippen molar-refractivity contribution in [3.8, 4) is 6.01 Å². The number of benzene rings is 1. The average molecular weight is 403 g/mol. The molecular formula is C17H21N7O3S. The Hall–Kier alpha value is -3.18. The summed E-state index contributed by atoms with van der Waals surface area (Å²) in [6.07, 6.45) is 0. The summed E-state index contributed by atoms with van der Waals surface area (Å²) < 4.78 is 11.8. The lowest BCUT2D eigenvalue weighted by atomic mass is 10.1. The maximum atomic E-state index is 12.4. The Balaban J connectivity index is 1.84. The van der Waals surface area contributed by atoms with Gasteiger partial charge in [-0.15, -0.1) is 0 Å². The highest BCUT2D eigenvalue weighted by Gasteiger charge is 2.15. The zero-order valence-electron chi connectivity index (χ0n) is 15.3. The first-order valence-electron chi connectivity index (χ1n) is 8.47. The standard InChI is InChI=1S/C17H21N7O3S/c1-26-6-7-27-16-22-13(18)12-14(23-16)24(17(25)21-12)9-11-4-2-10(3-5-11)8-20-15(19)28/h2-5H,6-9H2,1H3,(H,21,25)(H2,18,22,23)(H3,19,20,28). The Morgan fingerprint density at radius 2 is 1.96 bits per heavy atom. The lowest BCUT2D eigenvalue weighted by Gasteiger charge is -2.08. The van der Waals surface area contributed by atoms with Gasteiger partial charge in [-0.05, 0) is 23.3 Å². The predicted octanol–water partition coefficient (Wildman–Crippen LogP) is 0.109.